The van der Waals surface area contributed by atoms with Crippen LogP contribution in [0.4, 0.5) is 0 Å². The largest absolute Gasteiger partial charge is 0.387 e. The number of β-amino-alcohol motifs (C(OH)–C–C–N with tert-alkyl or cyclic N) is 1. The lowest BCUT2D eigenvalue weighted by atomic mass is 9.85. The predicted molar refractivity (Wildman–Crippen MR) is 84.9 cm³/mol. The smallest absolute Gasteiger partial charge is 0.0919 e. The molecule has 0 spiro atoms. The monoisotopic (exact) mass is 275 g/mol. The van der Waals surface area contributed by atoms with E-state index in [1.807, 2.05) is 0 Å². The van der Waals surface area contributed by atoms with E-state index in [1.165, 1.54) is 17.5 Å². The molecule has 0 radical (unpaired) electrons. The minimum Gasteiger partial charge on any atom is -0.387 e. The van der Waals surface area contributed by atoms with Crippen molar-refractivity contribution in [1.82, 2.24) is 4.90 Å². The Bertz CT molecular complexity index is 457. The first kappa shape index (κ1) is 15.5. The van der Waals surface area contributed by atoms with E-state index in [2.05, 4.69) is 57.7 Å². The highest BCUT2D eigenvalue weighted by Crippen LogP contribution is 2.29. The van der Waals surface area contributed by atoms with Crippen LogP contribution in [0, 0.1) is 25.7 Å². The van der Waals surface area contributed by atoms with Gasteiger partial charge in [-0.1, -0.05) is 37.6 Å². The predicted octanol–water partition coefficient (Wildman–Crippen LogP) is 3.70. The summed E-state index contributed by atoms with van der Waals surface area (Å²) < 4.78 is 0. The van der Waals surface area contributed by atoms with Crippen molar-refractivity contribution in [3.63, 3.8) is 0 Å². The molecule has 1 aliphatic heterocycles. The Hall–Kier alpha value is -0.860. The molecule has 4 atom stereocenters. The number of likely N-dealkylation sites (tertiary alicyclic amines) is 1. The topological polar surface area (TPSA) is 23.5 Å². The summed E-state index contributed by atoms with van der Waals surface area (Å²) >= 11 is 0. The van der Waals surface area contributed by atoms with Crippen LogP contribution in [0.1, 0.15) is 50.0 Å². The van der Waals surface area contributed by atoms with E-state index in [0.717, 1.165) is 24.6 Å². The van der Waals surface area contributed by atoms with Gasteiger partial charge in [-0.05, 0) is 50.2 Å². The maximum Gasteiger partial charge on any atom is 0.0919 e. The number of aliphatic hydroxyl groups excluding tert-OH is 1. The molecule has 112 valence electrons. The summed E-state index contributed by atoms with van der Waals surface area (Å²) in [5, 5.41) is 10.6. The minimum atomic E-state index is -0.379. The van der Waals surface area contributed by atoms with E-state index < -0.39 is 0 Å². The number of hydrogen-bond acceptors (Lipinski definition) is 2. The lowest BCUT2D eigenvalue weighted by molar-refractivity contribution is 0.0314. The molecule has 1 aromatic rings. The summed E-state index contributed by atoms with van der Waals surface area (Å²) in [4.78, 5) is 2.46. The van der Waals surface area contributed by atoms with E-state index in [0.29, 0.717) is 12.0 Å². The highest BCUT2D eigenvalue weighted by Gasteiger charge is 2.30. The van der Waals surface area contributed by atoms with Crippen molar-refractivity contribution < 1.29 is 5.11 Å². The average Bonchev–Trinajstić information content (AvgIpc) is 2.35. The fourth-order valence-corrected chi connectivity index (χ4v) is 3.59. The molecule has 1 N–H and O–H groups in total. The van der Waals surface area contributed by atoms with Crippen molar-refractivity contribution in [2.75, 3.05) is 13.1 Å². The normalized spacial score (nSPS) is 29.4. The van der Waals surface area contributed by atoms with Gasteiger partial charge in [-0.3, -0.25) is 4.90 Å². The molecule has 2 rings (SSSR count). The molecule has 0 aromatic heterocycles. The molecular formula is C18H29NO. The zero-order valence-electron chi connectivity index (χ0n) is 13.6. The molecule has 1 aliphatic rings. The van der Waals surface area contributed by atoms with Gasteiger partial charge in [0.15, 0.2) is 0 Å². The van der Waals surface area contributed by atoms with Gasteiger partial charge in [-0.2, -0.15) is 0 Å². The van der Waals surface area contributed by atoms with Crippen LogP contribution in [-0.4, -0.2) is 29.1 Å². The summed E-state index contributed by atoms with van der Waals surface area (Å²) in [7, 11) is 0. The van der Waals surface area contributed by atoms with Gasteiger partial charge in [-0.25, -0.2) is 0 Å². The standard InChI is InChI=1S/C18H29NO/c1-12-6-7-17(15(4)8-12)18(20)11-19-10-13(2)9-14(3)16(19)5/h6-8,13-14,16,18,20H,9-11H2,1-5H3. The third-order valence-corrected chi connectivity index (χ3v) is 4.91. The lowest BCUT2D eigenvalue weighted by Crippen LogP contribution is -2.47. The molecule has 0 saturated carbocycles. The second kappa shape index (κ2) is 6.28. The van der Waals surface area contributed by atoms with Gasteiger partial charge in [-0.15, -0.1) is 0 Å². The van der Waals surface area contributed by atoms with E-state index in [4.69, 9.17) is 0 Å². The van der Waals surface area contributed by atoms with Crippen molar-refractivity contribution in [3.05, 3.63) is 34.9 Å². The number of rotatable bonds is 3. The molecule has 1 heterocycles. The second-order valence-electron chi connectivity index (χ2n) is 6.89. The summed E-state index contributed by atoms with van der Waals surface area (Å²) in [6.45, 7) is 13.0. The summed E-state index contributed by atoms with van der Waals surface area (Å²) in [5.74, 6) is 1.44. The first-order valence-corrected chi connectivity index (χ1v) is 7.87. The Morgan fingerprint density at radius 2 is 1.95 bits per heavy atom. The van der Waals surface area contributed by atoms with Crippen LogP contribution < -0.4 is 0 Å². The van der Waals surface area contributed by atoms with Gasteiger partial charge in [0.1, 0.15) is 0 Å². The van der Waals surface area contributed by atoms with Gasteiger partial charge in [0.2, 0.25) is 0 Å². The van der Waals surface area contributed by atoms with Crippen LogP contribution in [0.2, 0.25) is 0 Å². The molecule has 1 fully saturated rings. The number of aryl methyl sites for hydroxylation is 2. The lowest BCUT2D eigenvalue weighted by Gasteiger charge is -2.42. The molecule has 1 aromatic carbocycles. The first-order chi connectivity index (χ1) is 9.38. The van der Waals surface area contributed by atoms with Crippen LogP contribution in [-0.2, 0) is 0 Å². The molecule has 0 bridgehead atoms. The summed E-state index contributed by atoms with van der Waals surface area (Å²) in [5.41, 5.74) is 3.53. The molecule has 20 heavy (non-hydrogen) atoms. The van der Waals surface area contributed by atoms with Gasteiger partial charge in [0.05, 0.1) is 6.10 Å². The van der Waals surface area contributed by atoms with Crippen LogP contribution in [0.5, 0.6) is 0 Å². The second-order valence-corrected chi connectivity index (χ2v) is 6.89. The third-order valence-electron chi connectivity index (χ3n) is 4.91. The van der Waals surface area contributed by atoms with Crippen molar-refractivity contribution in [1.29, 1.82) is 0 Å². The van der Waals surface area contributed by atoms with E-state index in [9.17, 15) is 5.11 Å². The molecule has 0 aliphatic carbocycles. The highest BCUT2D eigenvalue weighted by molar-refractivity contribution is 5.32. The Morgan fingerprint density at radius 3 is 2.60 bits per heavy atom. The van der Waals surface area contributed by atoms with Crippen LogP contribution in [0.15, 0.2) is 18.2 Å². The Balaban J connectivity index is 2.08. The van der Waals surface area contributed by atoms with Gasteiger partial charge >= 0.3 is 0 Å². The Kier molecular flexibility index (Phi) is 4.87. The van der Waals surface area contributed by atoms with E-state index >= 15 is 0 Å². The zero-order chi connectivity index (χ0) is 14.9. The number of aliphatic hydroxyl groups is 1. The van der Waals surface area contributed by atoms with Crippen LogP contribution in [0.25, 0.3) is 0 Å². The average molecular weight is 275 g/mol. The summed E-state index contributed by atoms with van der Waals surface area (Å²) in [6.07, 6.45) is 0.924. The molecule has 0 amide bonds. The highest BCUT2D eigenvalue weighted by atomic mass is 16.3. The number of benzene rings is 1. The fraction of sp³-hybridized carbons (Fsp3) is 0.667. The number of piperidine rings is 1. The van der Waals surface area contributed by atoms with Gasteiger partial charge < -0.3 is 5.11 Å². The fourth-order valence-electron chi connectivity index (χ4n) is 3.59. The molecule has 2 nitrogen and oxygen atoms in total. The van der Waals surface area contributed by atoms with Crippen LogP contribution in [0.3, 0.4) is 0 Å². The quantitative estimate of drug-likeness (QED) is 0.909. The SMILES string of the molecule is Cc1ccc(C(O)CN2CC(C)CC(C)C2C)c(C)c1. The van der Waals surface area contributed by atoms with Gasteiger partial charge in [0.25, 0.3) is 0 Å². The van der Waals surface area contributed by atoms with E-state index in [-0.39, 0.29) is 6.10 Å². The maximum atomic E-state index is 10.6. The molecule has 4 unspecified atom stereocenters. The van der Waals surface area contributed by atoms with Crippen molar-refractivity contribution in [3.8, 4) is 0 Å². The summed E-state index contributed by atoms with van der Waals surface area (Å²) in [6, 6.07) is 6.89. The Morgan fingerprint density at radius 1 is 1.25 bits per heavy atom. The third kappa shape index (κ3) is 3.42. The maximum absolute atomic E-state index is 10.6. The molecule has 1 saturated heterocycles. The minimum absolute atomic E-state index is 0.379. The number of hydrogen-bond donors (Lipinski definition) is 1. The molecular weight excluding hydrogens is 246 g/mol. The van der Waals surface area contributed by atoms with Crippen molar-refractivity contribution in [2.24, 2.45) is 11.8 Å². The van der Waals surface area contributed by atoms with E-state index in [1.54, 1.807) is 0 Å². The van der Waals surface area contributed by atoms with Crippen molar-refractivity contribution >= 4 is 0 Å². The van der Waals surface area contributed by atoms with Crippen molar-refractivity contribution in [2.45, 2.75) is 53.2 Å². The first-order valence-electron chi connectivity index (χ1n) is 7.87. The molecule has 2 heteroatoms. The van der Waals surface area contributed by atoms with Gasteiger partial charge in [0, 0.05) is 19.1 Å². The Labute approximate surface area is 123 Å². The zero-order valence-corrected chi connectivity index (χ0v) is 13.6. The number of nitrogens with zero attached hydrogens (tertiary/aromatic N) is 1. The van der Waals surface area contributed by atoms with Crippen LogP contribution >= 0.6 is 0 Å².